The SMILES string of the molecule is C=CCOCC1CCN(S(=O)(=O)c2ccsc2C(=O)OC)CC1. The largest absolute Gasteiger partial charge is 0.465 e. The van der Waals surface area contributed by atoms with Crippen LogP contribution in [0, 0.1) is 5.92 Å². The number of hydrogen-bond donors (Lipinski definition) is 0. The molecule has 0 saturated carbocycles. The van der Waals surface area contributed by atoms with E-state index in [0.717, 1.165) is 24.2 Å². The number of methoxy groups -OCH3 is 1. The third-order valence-electron chi connectivity index (χ3n) is 3.78. The predicted molar refractivity (Wildman–Crippen MR) is 88.2 cm³/mol. The van der Waals surface area contributed by atoms with E-state index in [1.807, 2.05) is 0 Å². The lowest BCUT2D eigenvalue weighted by Crippen LogP contribution is -2.39. The summed E-state index contributed by atoms with van der Waals surface area (Å²) >= 11 is 1.08. The number of hydrogen-bond acceptors (Lipinski definition) is 6. The van der Waals surface area contributed by atoms with E-state index in [0.29, 0.717) is 32.2 Å². The van der Waals surface area contributed by atoms with E-state index in [-0.39, 0.29) is 9.77 Å². The van der Waals surface area contributed by atoms with Crippen molar-refractivity contribution in [2.24, 2.45) is 5.92 Å². The quantitative estimate of drug-likeness (QED) is 0.424. The third kappa shape index (κ3) is 4.20. The lowest BCUT2D eigenvalue weighted by atomic mass is 9.99. The Kier molecular flexibility index (Phi) is 6.34. The fourth-order valence-corrected chi connectivity index (χ4v) is 5.29. The van der Waals surface area contributed by atoms with Gasteiger partial charge in [0.05, 0.1) is 13.7 Å². The summed E-state index contributed by atoms with van der Waals surface area (Å²) in [5, 5.41) is 1.59. The van der Waals surface area contributed by atoms with Gasteiger partial charge in [-0.25, -0.2) is 13.2 Å². The second-order valence-electron chi connectivity index (χ2n) is 5.28. The highest BCUT2D eigenvalue weighted by atomic mass is 32.2. The molecule has 23 heavy (non-hydrogen) atoms. The minimum Gasteiger partial charge on any atom is -0.465 e. The molecule has 1 saturated heterocycles. The first-order valence-corrected chi connectivity index (χ1v) is 9.67. The van der Waals surface area contributed by atoms with Crippen molar-refractivity contribution in [3.8, 4) is 0 Å². The molecule has 1 aliphatic heterocycles. The Morgan fingerprint density at radius 3 is 2.78 bits per heavy atom. The predicted octanol–water partition coefficient (Wildman–Crippen LogP) is 2.14. The number of sulfonamides is 1. The number of carbonyl (C=O) groups is 1. The van der Waals surface area contributed by atoms with Gasteiger partial charge in [0.2, 0.25) is 10.0 Å². The van der Waals surface area contributed by atoms with Gasteiger partial charge in [0, 0.05) is 19.7 Å². The van der Waals surface area contributed by atoms with Gasteiger partial charge < -0.3 is 9.47 Å². The van der Waals surface area contributed by atoms with Crippen LogP contribution in [0.5, 0.6) is 0 Å². The standard InChI is InChI=1S/C15H21NO5S2/c1-3-9-21-11-12-4-7-16(8-5-12)23(18,19)13-6-10-22-14(13)15(17)20-2/h3,6,10,12H,1,4-5,7-9,11H2,2H3. The zero-order valence-corrected chi connectivity index (χ0v) is 14.7. The first-order chi connectivity index (χ1) is 11.0. The topological polar surface area (TPSA) is 72.9 Å². The van der Waals surface area contributed by atoms with Crippen LogP contribution >= 0.6 is 11.3 Å². The summed E-state index contributed by atoms with van der Waals surface area (Å²) in [6.45, 7) is 5.59. The fraction of sp³-hybridized carbons (Fsp3) is 0.533. The second-order valence-corrected chi connectivity index (χ2v) is 8.10. The highest BCUT2D eigenvalue weighted by Crippen LogP contribution is 2.29. The molecular formula is C15H21NO5S2. The Morgan fingerprint density at radius 2 is 2.17 bits per heavy atom. The van der Waals surface area contributed by atoms with Crippen LogP contribution in [-0.2, 0) is 19.5 Å². The molecular weight excluding hydrogens is 338 g/mol. The summed E-state index contributed by atoms with van der Waals surface area (Å²) < 4.78 is 37.0. The van der Waals surface area contributed by atoms with Gasteiger partial charge in [-0.15, -0.1) is 17.9 Å². The van der Waals surface area contributed by atoms with Crippen molar-refractivity contribution in [1.29, 1.82) is 0 Å². The van der Waals surface area contributed by atoms with Gasteiger partial charge in [0.25, 0.3) is 0 Å². The monoisotopic (exact) mass is 359 g/mol. The van der Waals surface area contributed by atoms with E-state index in [9.17, 15) is 13.2 Å². The van der Waals surface area contributed by atoms with Crippen molar-refractivity contribution >= 4 is 27.3 Å². The van der Waals surface area contributed by atoms with E-state index in [1.165, 1.54) is 17.5 Å². The summed E-state index contributed by atoms with van der Waals surface area (Å²) in [4.78, 5) is 11.9. The van der Waals surface area contributed by atoms with Gasteiger partial charge in [0.15, 0.2) is 0 Å². The highest BCUT2D eigenvalue weighted by molar-refractivity contribution is 7.89. The Hall–Kier alpha value is -1.22. The summed E-state index contributed by atoms with van der Waals surface area (Å²) in [7, 11) is -2.42. The molecule has 128 valence electrons. The minimum atomic E-state index is -3.67. The second kappa shape index (κ2) is 8.05. The molecule has 0 radical (unpaired) electrons. The molecule has 0 aliphatic carbocycles. The molecule has 0 bridgehead atoms. The maximum absolute atomic E-state index is 12.7. The van der Waals surface area contributed by atoms with Crippen molar-refractivity contribution in [2.45, 2.75) is 17.7 Å². The van der Waals surface area contributed by atoms with Crippen LogP contribution in [0.15, 0.2) is 29.0 Å². The maximum atomic E-state index is 12.7. The number of piperidine rings is 1. The molecule has 1 aliphatic rings. The summed E-state index contributed by atoms with van der Waals surface area (Å²) in [6, 6.07) is 1.46. The van der Waals surface area contributed by atoms with E-state index >= 15 is 0 Å². The van der Waals surface area contributed by atoms with Crippen molar-refractivity contribution in [3.63, 3.8) is 0 Å². The lowest BCUT2D eigenvalue weighted by Gasteiger charge is -2.30. The number of rotatable bonds is 7. The van der Waals surface area contributed by atoms with Crippen LogP contribution in [-0.4, -0.2) is 52.1 Å². The van der Waals surface area contributed by atoms with E-state index in [2.05, 4.69) is 11.3 Å². The van der Waals surface area contributed by atoms with Gasteiger partial charge in [-0.3, -0.25) is 0 Å². The Morgan fingerprint density at radius 1 is 1.48 bits per heavy atom. The molecule has 2 rings (SSSR count). The number of nitrogens with zero attached hydrogens (tertiary/aromatic N) is 1. The van der Waals surface area contributed by atoms with Crippen LogP contribution in [0.3, 0.4) is 0 Å². The first kappa shape index (κ1) is 18.1. The van der Waals surface area contributed by atoms with Gasteiger partial charge in [-0.05, 0) is 30.2 Å². The zero-order chi connectivity index (χ0) is 16.9. The zero-order valence-electron chi connectivity index (χ0n) is 13.1. The maximum Gasteiger partial charge on any atom is 0.349 e. The molecule has 1 fully saturated rings. The molecule has 0 N–H and O–H groups in total. The Bertz CT molecular complexity index is 645. The van der Waals surface area contributed by atoms with Crippen LogP contribution < -0.4 is 0 Å². The summed E-state index contributed by atoms with van der Waals surface area (Å²) in [5.41, 5.74) is 0. The molecule has 0 unspecified atom stereocenters. The number of esters is 1. The molecule has 2 heterocycles. The van der Waals surface area contributed by atoms with E-state index in [1.54, 1.807) is 11.5 Å². The van der Waals surface area contributed by atoms with Gasteiger partial charge in [-0.2, -0.15) is 4.31 Å². The minimum absolute atomic E-state index is 0.0377. The molecule has 1 aromatic heterocycles. The number of thiophene rings is 1. The molecule has 0 aromatic carbocycles. The number of ether oxygens (including phenoxy) is 2. The molecule has 0 atom stereocenters. The van der Waals surface area contributed by atoms with Crippen LogP contribution in [0.4, 0.5) is 0 Å². The number of carbonyl (C=O) groups excluding carboxylic acids is 1. The Labute approximate surface area is 140 Å². The molecule has 0 spiro atoms. The van der Waals surface area contributed by atoms with Crippen molar-refractivity contribution < 1.29 is 22.7 Å². The van der Waals surface area contributed by atoms with Crippen molar-refractivity contribution in [1.82, 2.24) is 4.31 Å². The van der Waals surface area contributed by atoms with Crippen molar-refractivity contribution in [2.75, 3.05) is 33.4 Å². The average Bonchev–Trinajstić information content (AvgIpc) is 3.05. The molecule has 6 nitrogen and oxygen atoms in total. The van der Waals surface area contributed by atoms with Crippen LogP contribution in [0.2, 0.25) is 0 Å². The molecule has 0 amide bonds. The van der Waals surface area contributed by atoms with E-state index in [4.69, 9.17) is 4.74 Å². The van der Waals surface area contributed by atoms with Crippen LogP contribution in [0.25, 0.3) is 0 Å². The molecule has 8 heteroatoms. The van der Waals surface area contributed by atoms with Gasteiger partial charge in [0.1, 0.15) is 9.77 Å². The third-order valence-corrected chi connectivity index (χ3v) is 6.75. The lowest BCUT2D eigenvalue weighted by molar-refractivity contribution is 0.0602. The van der Waals surface area contributed by atoms with Crippen LogP contribution in [0.1, 0.15) is 22.5 Å². The molecule has 1 aromatic rings. The summed E-state index contributed by atoms with van der Waals surface area (Å²) in [6.07, 6.45) is 3.19. The average molecular weight is 359 g/mol. The van der Waals surface area contributed by atoms with E-state index < -0.39 is 16.0 Å². The highest BCUT2D eigenvalue weighted by Gasteiger charge is 2.33. The van der Waals surface area contributed by atoms with Gasteiger partial charge in [-0.1, -0.05) is 6.08 Å². The fourth-order valence-electron chi connectivity index (χ4n) is 2.52. The summed E-state index contributed by atoms with van der Waals surface area (Å²) in [5.74, 6) is -0.268. The van der Waals surface area contributed by atoms with Crippen molar-refractivity contribution in [3.05, 3.63) is 29.0 Å². The first-order valence-electron chi connectivity index (χ1n) is 7.35. The normalized spacial score (nSPS) is 17.1. The smallest absolute Gasteiger partial charge is 0.349 e. The Balaban J connectivity index is 2.04. The van der Waals surface area contributed by atoms with Gasteiger partial charge >= 0.3 is 5.97 Å².